The Kier molecular flexibility index (Phi) is 5.91. The standard InChI is InChI=1S/C16H23F3N4OS.HI/c17-16(18,19)13(24)20-6-11-8-22(10-15(11)2-1-3-15)14-21-7-12-9-25-5-4-23(12)14;/h11-12H,1-10H2,(H,20,24);1H. The van der Waals surface area contributed by atoms with E-state index in [0.717, 1.165) is 56.4 Å². The van der Waals surface area contributed by atoms with Gasteiger partial charge in [0.1, 0.15) is 0 Å². The maximum atomic E-state index is 12.5. The second kappa shape index (κ2) is 7.56. The van der Waals surface area contributed by atoms with Crippen LogP contribution in [0.5, 0.6) is 0 Å². The number of carbonyl (C=O) groups is 1. The predicted molar refractivity (Wildman–Crippen MR) is 106 cm³/mol. The Balaban J connectivity index is 0.00000196. The fraction of sp³-hybridized carbons (Fsp3) is 0.875. The maximum absolute atomic E-state index is 12.5. The first-order valence-electron chi connectivity index (χ1n) is 8.88. The highest BCUT2D eigenvalue weighted by atomic mass is 127. The van der Waals surface area contributed by atoms with Gasteiger partial charge in [0.2, 0.25) is 0 Å². The molecule has 2 atom stereocenters. The van der Waals surface area contributed by atoms with Crippen LogP contribution in [0.4, 0.5) is 13.2 Å². The Bertz CT molecular complexity index is 584. The summed E-state index contributed by atoms with van der Waals surface area (Å²) in [5.74, 6) is 1.46. The Morgan fingerprint density at radius 3 is 2.81 bits per heavy atom. The van der Waals surface area contributed by atoms with E-state index in [1.165, 1.54) is 0 Å². The van der Waals surface area contributed by atoms with E-state index in [1.54, 1.807) is 0 Å². The van der Waals surface area contributed by atoms with Crippen molar-refractivity contribution in [2.24, 2.45) is 16.3 Å². The van der Waals surface area contributed by atoms with Crippen LogP contribution in [0.1, 0.15) is 19.3 Å². The minimum Gasteiger partial charge on any atom is -0.348 e. The first-order valence-corrected chi connectivity index (χ1v) is 10.0. The van der Waals surface area contributed by atoms with E-state index in [0.29, 0.717) is 12.6 Å². The Hall–Kier alpha value is -0.390. The molecule has 26 heavy (non-hydrogen) atoms. The smallest absolute Gasteiger partial charge is 0.348 e. The van der Waals surface area contributed by atoms with Crippen molar-refractivity contribution in [2.75, 3.05) is 44.2 Å². The van der Waals surface area contributed by atoms with Crippen molar-refractivity contribution in [3.8, 4) is 0 Å². The zero-order chi connectivity index (χ0) is 17.7. The number of thioether (sulfide) groups is 1. The SMILES string of the molecule is I.O=C(NCC1CN(C2=NCC3CSCCN23)CC12CCC2)C(F)(F)F. The number of halogens is 4. The van der Waals surface area contributed by atoms with Crippen molar-refractivity contribution in [2.45, 2.75) is 31.5 Å². The number of hydrogen-bond donors (Lipinski definition) is 1. The van der Waals surface area contributed by atoms with E-state index in [2.05, 4.69) is 15.1 Å². The molecule has 2 saturated heterocycles. The van der Waals surface area contributed by atoms with Gasteiger partial charge in [-0.1, -0.05) is 6.42 Å². The van der Waals surface area contributed by atoms with Gasteiger partial charge in [0.15, 0.2) is 5.96 Å². The number of hydrogen-bond acceptors (Lipinski definition) is 5. The molecule has 2 unspecified atom stereocenters. The zero-order valence-corrected chi connectivity index (χ0v) is 17.6. The summed E-state index contributed by atoms with van der Waals surface area (Å²) in [5, 5.41) is 2.11. The van der Waals surface area contributed by atoms with E-state index >= 15 is 0 Å². The van der Waals surface area contributed by atoms with Crippen molar-refractivity contribution >= 4 is 47.6 Å². The summed E-state index contributed by atoms with van der Waals surface area (Å²) < 4.78 is 37.4. The third-order valence-corrected chi connectivity index (χ3v) is 7.23. The van der Waals surface area contributed by atoms with Crippen LogP contribution in [0.15, 0.2) is 4.99 Å². The number of amides is 1. The molecule has 0 radical (unpaired) electrons. The van der Waals surface area contributed by atoms with Crippen LogP contribution in [0.3, 0.4) is 0 Å². The fourth-order valence-electron chi connectivity index (χ4n) is 4.61. The highest BCUT2D eigenvalue weighted by Crippen LogP contribution is 2.51. The molecule has 0 aromatic rings. The lowest BCUT2D eigenvalue weighted by atomic mass is 9.63. The van der Waals surface area contributed by atoms with Crippen LogP contribution in [-0.2, 0) is 4.79 Å². The highest BCUT2D eigenvalue weighted by molar-refractivity contribution is 14.0. The minimum atomic E-state index is -4.81. The van der Waals surface area contributed by atoms with Crippen molar-refractivity contribution in [3.05, 3.63) is 0 Å². The summed E-state index contributed by atoms with van der Waals surface area (Å²) in [4.78, 5) is 20.6. The van der Waals surface area contributed by atoms with Gasteiger partial charge in [-0.05, 0) is 18.3 Å². The molecule has 1 aliphatic carbocycles. The van der Waals surface area contributed by atoms with Gasteiger partial charge in [-0.25, -0.2) is 0 Å². The lowest BCUT2D eigenvalue weighted by molar-refractivity contribution is -0.174. The molecule has 4 aliphatic rings. The average molecular weight is 504 g/mol. The Labute approximate surface area is 172 Å². The van der Waals surface area contributed by atoms with E-state index < -0.39 is 12.1 Å². The van der Waals surface area contributed by atoms with Gasteiger partial charge < -0.3 is 15.1 Å². The number of fused-ring (bicyclic) bond motifs is 1. The molecule has 1 spiro atoms. The molecule has 3 heterocycles. The number of aliphatic imine (C=N–C) groups is 1. The molecule has 0 aromatic heterocycles. The lowest BCUT2D eigenvalue weighted by Gasteiger charge is -2.43. The second-order valence-corrected chi connectivity index (χ2v) is 8.71. The Morgan fingerprint density at radius 2 is 2.15 bits per heavy atom. The number of nitrogens with zero attached hydrogens (tertiary/aromatic N) is 3. The largest absolute Gasteiger partial charge is 0.471 e. The molecule has 10 heteroatoms. The van der Waals surface area contributed by atoms with Crippen LogP contribution in [0.25, 0.3) is 0 Å². The van der Waals surface area contributed by atoms with Crippen molar-refractivity contribution in [1.82, 2.24) is 15.1 Å². The van der Waals surface area contributed by atoms with Crippen LogP contribution < -0.4 is 5.32 Å². The van der Waals surface area contributed by atoms with E-state index in [9.17, 15) is 18.0 Å². The molecular weight excluding hydrogens is 480 g/mol. The third-order valence-electron chi connectivity index (χ3n) is 6.14. The van der Waals surface area contributed by atoms with Gasteiger partial charge in [0.25, 0.3) is 0 Å². The van der Waals surface area contributed by atoms with Crippen LogP contribution in [0, 0.1) is 11.3 Å². The first-order chi connectivity index (χ1) is 11.9. The monoisotopic (exact) mass is 504 g/mol. The quantitative estimate of drug-likeness (QED) is 0.586. The van der Waals surface area contributed by atoms with Gasteiger partial charge >= 0.3 is 12.1 Å². The summed E-state index contributed by atoms with van der Waals surface area (Å²) in [6, 6.07) is 0.468. The lowest BCUT2D eigenvalue weighted by Crippen LogP contribution is -2.49. The predicted octanol–water partition coefficient (Wildman–Crippen LogP) is 2.17. The molecule has 148 valence electrons. The molecule has 1 N–H and O–H groups in total. The molecule has 3 aliphatic heterocycles. The molecule has 0 bridgehead atoms. The highest BCUT2D eigenvalue weighted by Gasteiger charge is 2.52. The summed E-state index contributed by atoms with van der Waals surface area (Å²) in [6.07, 6.45) is -1.63. The number of nitrogens with one attached hydrogen (secondary N) is 1. The normalized spacial score (nSPS) is 29.7. The van der Waals surface area contributed by atoms with Crippen LogP contribution in [0.2, 0.25) is 0 Å². The van der Waals surface area contributed by atoms with Gasteiger partial charge in [-0.2, -0.15) is 24.9 Å². The first kappa shape index (κ1) is 20.3. The molecule has 0 aromatic carbocycles. The van der Waals surface area contributed by atoms with Gasteiger partial charge in [-0.15, -0.1) is 24.0 Å². The van der Waals surface area contributed by atoms with Crippen LogP contribution in [-0.4, -0.2) is 78.1 Å². The van der Waals surface area contributed by atoms with Crippen molar-refractivity contribution in [3.63, 3.8) is 0 Å². The molecule has 1 amide bonds. The number of guanidine groups is 1. The maximum Gasteiger partial charge on any atom is 0.471 e. The minimum absolute atomic E-state index is 0. The van der Waals surface area contributed by atoms with Gasteiger partial charge in [0, 0.05) is 43.6 Å². The van der Waals surface area contributed by atoms with Crippen molar-refractivity contribution in [1.29, 1.82) is 0 Å². The van der Waals surface area contributed by atoms with Crippen molar-refractivity contribution < 1.29 is 18.0 Å². The zero-order valence-electron chi connectivity index (χ0n) is 14.4. The van der Waals surface area contributed by atoms with E-state index in [1.807, 2.05) is 11.8 Å². The number of likely N-dealkylation sites (tertiary alicyclic amines) is 1. The summed E-state index contributed by atoms with van der Waals surface area (Å²) in [6.45, 7) is 3.46. The fourth-order valence-corrected chi connectivity index (χ4v) is 5.66. The molecule has 4 rings (SSSR count). The summed E-state index contributed by atoms with van der Waals surface area (Å²) in [5.41, 5.74) is 0.0457. The van der Waals surface area contributed by atoms with Gasteiger partial charge in [-0.3, -0.25) is 9.79 Å². The topological polar surface area (TPSA) is 47.9 Å². The Morgan fingerprint density at radius 1 is 1.38 bits per heavy atom. The summed E-state index contributed by atoms with van der Waals surface area (Å²) >= 11 is 1.96. The van der Waals surface area contributed by atoms with E-state index in [-0.39, 0.29) is 41.9 Å². The van der Waals surface area contributed by atoms with Gasteiger partial charge in [0.05, 0.1) is 12.6 Å². The number of rotatable bonds is 2. The molecule has 3 fully saturated rings. The third kappa shape index (κ3) is 3.64. The molecule has 5 nitrogen and oxygen atoms in total. The summed E-state index contributed by atoms with van der Waals surface area (Å²) in [7, 11) is 0. The molecular formula is C16H24F3IN4OS. The molecule has 1 saturated carbocycles. The second-order valence-electron chi connectivity index (χ2n) is 7.56. The average Bonchev–Trinajstić information content (AvgIpc) is 3.12. The van der Waals surface area contributed by atoms with E-state index in [4.69, 9.17) is 4.99 Å². The van der Waals surface area contributed by atoms with Crippen LogP contribution >= 0.6 is 35.7 Å². The number of alkyl halides is 3. The number of carbonyl (C=O) groups excluding carboxylic acids is 1.